The molecule has 1 aromatic heterocycles. The zero-order valence-electron chi connectivity index (χ0n) is 16.0. The number of imidazole rings is 1. The molecule has 1 amide bonds. The molecule has 0 fully saturated rings. The van der Waals surface area contributed by atoms with Crippen molar-refractivity contribution in [2.24, 2.45) is 0 Å². The zero-order chi connectivity index (χ0) is 19.2. The molecule has 0 saturated carbocycles. The highest BCUT2D eigenvalue weighted by Gasteiger charge is 2.12. The number of methoxy groups -OCH3 is 2. The lowest BCUT2D eigenvalue weighted by Gasteiger charge is -2.10. The molecular formula is C21H25N3O3. The molecule has 1 N–H and O–H groups in total. The number of amides is 1. The molecule has 0 atom stereocenters. The van der Waals surface area contributed by atoms with E-state index in [0.29, 0.717) is 30.0 Å². The summed E-state index contributed by atoms with van der Waals surface area (Å²) in [7, 11) is 3.13. The molecule has 0 aliphatic rings. The van der Waals surface area contributed by atoms with E-state index in [0.717, 1.165) is 29.8 Å². The van der Waals surface area contributed by atoms with Gasteiger partial charge in [0.05, 0.1) is 25.3 Å². The van der Waals surface area contributed by atoms with Gasteiger partial charge in [-0.3, -0.25) is 4.79 Å². The Morgan fingerprint density at radius 1 is 1.11 bits per heavy atom. The Labute approximate surface area is 159 Å². The van der Waals surface area contributed by atoms with E-state index in [-0.39, 0.29) is 5.91 Å². The summed E-state index contributed by atoms with van der Waals surface area (Å²) < 4.78 is 12.7. The van der Waals surface area contributed by atoms with Gasteiger partial charge in [-0.25, -0.2) is 4.98 Å². The molecule has 142 valence electrons. The zero-order valence-corrected chi connectivity index (χ0v) is 16.0. The van der Waals surface area contributed by atoms with Crippen molar-refractivity contribution in [3.8, 4) is 11.5 Å². The largest absolute Gasteiger partial charge is 0.497 e. The lowest BCUT2D eigenvalue weighted by atomic mass is 10.2. The molecule has 2 aromatic carbocycles. The number of carbonyl (C=O) groups is 1. The average molecular weight is 367 g/mol. The lowest BCUT2D eigenvalue weighted by Crippen LogP contribution is -2.26. The molecule has 3 aromatic rings. The second-order valence-corrected chi connectivity index (χ2v) is 6.28. The Morgan fingerprint density at radius 2 is 1.81 bits per heavy atom. The van der Waals surface area contributed by atoms with Crippen molar-refractivity contribution in [1.82, 2.24) is 14.9 Å². The number of nitrogens with zero attached hydrogens (tertiary/aromatic N) is 2. The van der Waals surface area contributed by atoms with Gasteiger partial charge in [0.25, 0.3) is 5.91 Å². The maximum absolute atomic E-state index is 12.5. The van der Waals surface area contributed by atoms with Crippen LogP contribution >= 0.6 is 0 Å². The molecule has 0 radical (unpaired) electrons. The molecule has 0 spiro atoms. The summed E-state index contributed by atoms with van der Waals surface area (Å²) in [6, 6.07) is 13.3. The summed E-state index contributed by atoms with van der Waals surface area (Å²) in [6.45, 7) is 3.57. The molecule has 3 rings (SSSR count). The van der Waals surface area contributed by atoms with Gasteiger partial charge in [0.15, 0.2) is 0 Å². The first kappa shape index (κ1) is 18.8. The summed E-state index contributed by atoms with van der Waals surface area (Å²) in [5, 5.41) is 2.96. The molecule has 27 heavy (non-hydrogen) atoms. The first-order chi connectivity index (χ1) is 13.2. The fraction of sp³-hybridized carbons (Fsp3) is 0.333. The Balaban J connectivity index is 1.70. The quantitative estimate of drug-likeness (QED) is 0.662. The number of aryl methyl sites for hydroxylation is 1. The number of para-hydroxylation sites is 2. The number of benzene rings is 2. The lowest BCUT2D eigenvalue weighted by molar-refractivity contribution is 0.0953. The molecule has 6 heteroatoms. The number of hydrogen-bond donors (Lipinski definition) is 1. The van der Waals surface area contributed by atoms with Crippen LogP contribution in [0.2, 0.25) is 0 Å². The van der Waals surface area contributed by atoms with Crippen LogP contribution in [0.25, 0.3) is 11.0 Å². The van der Waals surface area contributed by atoms with Gasteiger partial charge in [-0.2, -0.15) is 0 Å². The third kappa shape index (κ3) is 4.22. The van der Waals surface area contributed by atoms with E-state index in [1.54, 1.807) is 32.4 Å². The van der Waals surface area contributed by atoms with E-state index in [1.807, 2.05) is 18.2 Å². The van der Waals surface area contributed by atoms with Gasteiger partial charge in [-0.05, 0) is 30.7 Å². The first-order valence-corrected chi connectivity index (χ1v) is 9.11. The van der Waals surface area contributed by atoms with Crippen molar-refractivity contribution in [1.29, 1.82) is 0 Å². The topological polar surface area (TPSA) is 65.4 Å². The molecule has 0 aliphatic carbocycles. The van der Waals surface area contributed by atoms with Gasteiger partial charge in [0.2, 0.25) is 0 Å². The van der Waals surface area contributed by atoms with Gasteiger partial charge >= 0.3 is 0 Å². The molecule has 6 nitrogen and oxygen atoms in total. The van der Waals surface area contributed by atoms with Crippen LogP contribution in [0.5, 0.6) is 11.5 Å². The molecule has 0 bridgehead atoms. The minimum absolute atomic E-state index is 0.162. The van der Waals surface area contributed by atoms with E-state index in [1.165, 1.54) is 0 Å². The molecule has 0 aliphatic heterocycles. The van der Waals surface area contributed by atoms with Crippen molar-refractivity contribution in [3.05, 3.63) is 53.9 Å². The monoisotopic (exact) mass is 367 g/mol. The third-order valence-electron chi connectivity index (χ3n) is 4.43. The summed E-state index contributed by atoms with van der Waals surface area (Å²) >= 11 is 0. The Bertz CT molecular complexity index is 911. The second-order valence-electron chi connectivity index (χ2n) is 6.28. The van der Waals surface area contributed by atoms with E-state index < -0.39 is 0 Å². The molecular weight excluding hydrogens is 342 g/mol. The highest BCUT2D eigenvalue weighted by molar-refractivity contribution is 5.95. The maximum atomic E-state index is 12.5. The van der Waals surface area contributed by atoms with E-state index >= 15 is 0 Å². The van der Waals surface area contributed by atoms with Crippen molar-refractivity contribution in [2.45, 2.75) is 26.3 Å². The predicted octanol–water partition coefficient (Wildman–Crippen LogP) is 3.44. The SMILES string of the molecule is CCCn1c(CCNC(=O)c2cc(OC)cc(OC)c2)nc2ccccc21. The van der Waals surface area contributed by atoms with Gasteiger partial charge in [0, 0.05) is 31.1 Å². The summed E-state index contributed by atoms with van der Waals surface area (Å²) in [5.41, 5.74) is 2.64. The van der Waals surface area contributed by atoms with Crippen LogP contribution in [-0.2, 0) is 13.0 Å². The van der Waals surface area contributed by atoms with Crippen molar-refractivity contribution in [2.75, 3.05) is 20.8 Å². The second kappa shape index (κ2) is 8.58. The van der Waals surface area contributed by atoms with Crippen molar-refractivity contribution in [3.63, 3.8) is 0 Å². The Morgan fingerprint density at radius 3 is 2.48 bits per heavy atom. The summed E-state index contributed by atoms with van der Waals surface area (Å²) in [6.07, 6.45) is 1.70. The third-order valence-corrected chi connectivity index (χ3v) is 4.43. The first-order valence-electron chi connectivity index (χ1n) is 9.11. The normalized spacial score (nSPS) is 10.8. The molecule has 1 heterocycles. The molecule has 0 unspecified atom stereocenters. The number of ether oxygens (including phenoxy) is 2. The Hall–Kier alpha value is -3.02. The van der Waals surface area contributed by atoms with Gasteiger partial charge < -0.3 is 19.4 Å². The van der Waals surface area contributed by atoms with Crippen LogP contribution < -0.4 is 14.8 Å². The van der Waals surface area contributed by atoms with Crippen LogP contribution in [0.4, 0.5) is 0 Å². The van der Waals surface area contributed by atoms with E-state index in [9.17, 15) is 4.79 Å². The Kier molecular flexibility index (Phi) is 5.96. The maximum Gasteiger partial charge on any atom is 0.251 e. The number of aromatic nitrogens is 2. The molecule has 0 saturated heterocycles. The van der Waals surface area contributed by atoms with Crippen LogP contribution in [-0.4, -0.2) is 36.2 Å². The van der Waals surface area contributed by atoms with Crippen molar-refractivity contribution < 1.29 is 14.3 Å². The van der Waals surface area contributed by atoms with Crippen molar-refractivity contribution >= 4 is 16.9 Å². The smallest absolute Gasteiger partial charge is 0.251 e. The van der Waals surface area contributed by atoms with E-state index in [4.69, 9.17) is 14.5 Å². The highest BCUT2D eigenvalue weighted by atomic mass is 16.5. The standard InChI is InChI=1S/C21H25N3O3/c1-4-11-24-19-8-6-5-7-18(19)23-20(24)9-10-22-21(25)15-12-16(26-2)14-17(13-15)27-3/h5-8,12-14H,4,9-11H2,1-3H3,(H,22,25). The van der Waals surface area contributed by atoms with Gasteiger partial charge in [-0.1, -0.05) is 19.1 Å². The number of rotatable bonds is 8. The number of nitrogens with one attached hydrogen (secondary N) is 1. The predicted molar refractivity (Wildman–Crippen MR) is 106 cm³/mol. The van der Waals surface area contributed by atoms with Crippen LogP contribution in [0, 0.1) is 0 Å². The highest BCUT2D eigenvalue weighted by Crippen LogP contribution is 2.22. The average Bonchev–Trinajstić information content (AvgIpc) is 3.05. The summed E-state index contributed by atoms with van der Waals surface area (Å²) in [5.74, 6) is 2.00. The number of carbonyl (C=O) groups excluding carboxylic acids is 1. The van der Waals surface area contributed by atoms with Crippen LogP contribution in [0.1, 0.15) is 29.5 Å². The van der Waals surface area contributed by atoms with Gasteiger partial charge in [-0.15, -0.1) is 0 Å². The van der Waals surface area contributed by atoms with E-state index in [2.05, 4.69) is 22.9 Å². The minimum atomic E-state index is -0.162. The summed E-state index contributed by atoms with van der Waals surface area (Å²) in [4.78, 5) is 17.2. The van der Waals surface area contributed by atoms with Crippen LogP contribution in [0.15, 0.2) is 42.5 Å². The number of hydrogen-bond acceptors (Lipinski definition) is 4. The van der Waals surface area contributed by atoms with Gasteiger partial charge in [0.1, 0.15) is 17.3 Å². The minimum Gasteiger partial charge on any atom is -0.497 e. The fourth-order valence-electron chi connectivity index (χ4n) is 3.12. The fourth-order valence-corrected chi connectivity index (χ4v) is 3.12. The van der Waals surface area contributed by atoms with Crippen LogP contribution in [0.3, 0.4) is 0 Å². The number of fused-ring (bicyclic) bond motifs is 1.